The molecule has 3 heteroatoms. The van der Waals surface area contributed by atoms with Crippen molar-refractivity contribution in [3.63, 3.8) is 0 Å². The van der Waals surface area contributed by atoms with Gasteiger partial charge in [-0.2, -0.15) is 0 Å². The summed E-state index contributed by atoms with van der Waals surface area (Å²) < 4.78 is 5.44. The average molecular weight is 332 g/mol. The summed E-state index contributed by atoms with van der Waals surface area (Å²) >= 11 is 9.96. The zero-order chi connectivity index (χ0) is 13.1. The van der Waals surface area contributed by atoms with E-state index < -0.39 is 0 Å². The molecular weight excluding hydrogens is 312 g/mol. The molecule has 1 aromatic rings. The van der Waals surface area contributed by atoms with Crippen molar-refractivity contribution in [1.82, 2.24) is 0 Å². The molecule has 0 saturated heterocycles. The Bertz CT molecular complexity index is 399. The van der Waals surface area contributed by atoms with Crippen molar-refractivity contribution in [1.29, 1.82) is 0 Å². The fourth-order valence-corrected chi connectivity index (χ4v) is 3.82. The summed E-state index contributed by atoms with van der Waals surface area (Å²) in [5.41, 5.74) is 1.18. The molecule has 1 aliphatic rings. The summed E-state index contributed by atoms with van der Waals surface area (Å²) in [5.74, 6) is 2.50. The second-order valence-electron chi connectivity index (χ2n) is 5.31. The number of benzene rings is 1. The largest absolute Gasteiger partial charge is 0.496 e. The van der Waals surface area contributed by atoms with Gasteiger partial charge in [0, 0.05) is 15.4 Å². The van der Waals surface area contributed by atoms with Crippen LogP contribution in [0.4, 0.5) is 0 Å². The minimum atomic E-state index is 0.346. The summed E-state index contributed by atoms with van der Waals surface area (Å²) in [6.45, 7) is 2.35. The SMILES string of the molecule is COc1ccc(Cl)cc1C(Br)C1CCC(C)CC1. The molecule has 2 rings (SSSR count). The Balaban J connectivity index is 2.17. The van der Waals surface area contributed by atoms with Gasteiger partial charge in [-0.05, 0) is 42.9 Å². The van der Waals surface area contributed by atoms with Crippen LogP contribution in [0.2, 0.25) is 5.02 Å². The van der Waals surface area contributed by atoms with E-state index in [1.165, 1.54) is 31.2 Å². The Morgan fingerprint density at radius 2 is 1.94 bits per heavy atom. The van der Waals surface area contributed by atoms with Crippen LogP contribution in [-0.4, -0.2) is 7.11 Å². The Labute approximate surface area is 123 Å². The topological polar surface area (TPSA) is 9.23 Å². The Kier molecular flexibility index (Phi) is 4.97. The minimum absolute atomic E-state index is 0.346. The number of alkyl halides is 1. The van der Waals surface area contributed by atoms with Crippen LogP contribution in [0.3, 0.4) is 0 Å². The van der Waals surface area contributed by atoms with Crippen LogP contribution in [0.15, 0.2) is 18.2 Å². The van der Waals surface area contributed by atoms with Crippen molar-refractivity contribution >= 4 is 27.5 Å². The summed E-state index contributed by atoms with van der Waals surface area (Å²) in [7, 11) is 1.72. The van der Waals surface area contributed by atoms with Crippen LogP contribution < -0.4 is 4.74 Å². The lowest BCUT2D eigenvalue weighted by Gasteiger charge is -2.30. The van der Waals surface area contributed by atoms with E-state index in [-0.39, 0.29) is 0 Å². The van der Waals surface area contributed by atoms with E-state index >= 15 is 0 Å². The van der Waals surface area contributed by atoms with Gasteiger partial charge < -0.3 is 4.74 Å². The van der Waals surface area contributed by atoms with E-state index in [0.717, 1.165) is 16.7 Å². The van der Waals surface area contributed by atoms with Crippen LogP contribution in [0.5, 0.6) is 5.75 Å². The first-order valence-corrected chi connectivity index (χ1v) is 7.88. The molecule has 100 valence electrons. The highest BCUT2D eigenvalue weighted by atomic mass is 79.9. The molecule has 1 unspecified atom stereocenters. The fraction of sp³-hybridized carbons (Fsp3) is 0.600. The number of methoxy groups -OCH3 is 1. The lowest BCUT2D eigenvalue weighted by molar-refractivity contribution is 0.285. The summed E-state index contributed by atoms with van der Waals surface area (Å²) in [6.07, 6.45) is 5.23. The zero-order valence-corrected chi connectivity index (χ0v) is 13.3. The van der Waals surface area contributed by atoms with Gasteiger partial charge in [0.25, 0.3) is 0 Å². The summed E-state index contributed by atoms with van der Waals surface area (Å²) in [6, 6.07) is 5.86. The maximum atomic E-state index is 6.10. The van der Waals surface area contributed by atoms with Crippen molar-refractivity contribution in [2.24, 2.45) is 11.8 Å². The van der Waals surface area contributed by atoms with Gasteiger partial charge in [-0.1, -0.05) is 47.3 Å². The molecular formula is C15H20BrClO. The highest BCUT2D eigenvalue weighted by molar-refractivity contribution is 9.09. The number of halogens is 2. The maximum absolute atomic E-state index is 6.10. The lowest BCUT2D eigenvalue weighted by Crippen LogP contribution is -2.16. The van der Waals surface area contributed by atoms with Gasteiger partial charge in [-0.3, -0.25) is 0 Å². The number of rotatable bonds is 3. The minimum Gasteiger partial charge on any atom is -0.496 e. The molecule has 0 amide bonds. The highest BCUT2D eigenvalue weighted by Gasteiger charge is 2.27. The molecule has 1 atom stereocenters. The molecule has 0 N–H and O–H groups in total. The molecule has 0 aromatic heterocycles. The van der Waals surface area contributed by atoms with Crippen molar-refractivity contribution in [3.05, 3.63) is 28.8 Å². The number of hydrogen-bond donors (Lipinski definition) is 0. The van der Waals surface area contributed by atoms with Crippen molar-refractivity contribution < 1.29 is 4.74 Å². The van der Waals surface area contributed by atoms with Crippen LogP contribution in [-0.2, 0) is 0 Å². The third-order valence-electron chi connectivity index (χ3n) is 3.96. The molecule has 0 heterocycles. The molecule has 1 aromatic carbocycles. The van der Waals surface area contributed by atoms with E-state index in [2.05, 4.69) is 22.9 Å². The molecule has 0 aliphatic heterocycles. The molecule has 0 bridgehead atoms. The van der Waals surface area contributed by atoms with E-state index in [1.807, 2.05) is 18.2 Å². The summed E-state index contributed by atoms with van der Waals surface area (Å²) in [4.78, 5) is 0.346. The van der Waals surface area contributed by atoms with Gasteiger partial charge >= 0.3 is 0 Å². The molecule has 0 spiro atoms. The van der Waals surface area contributed by atoms with E-state index in [0.29, 0.717) is 10.7 Å². The molecule has 1 saturated carbocycles. The quantitative estimate of drug-likeness (QED) is 0.654. The van der Waals surface area contributed by atoms with Gasteiger partial charge in [0.15, 0.2) is 0 Å². The first kappa shape index (κ1) is 14.2. The van der Waals surface area contributed by atoms with Crippen molar-refractivity contribution in [2.75, 3.05) is 7.11 Å². The van der Waals surface area contributed by atoms with Crippen molar-refractivity contribution in [3.8, 4) is 5.75 Å². The predicted octanol–water partition coefficient (Wildman–Crippen LogP) is 5.61. The Hall–Kier alpha value is -0.210. The standard InChI is InChI=1S/C15H20BrClO/c1-10-3-5-11(6-4-10)15(16)13-9-12(17)7-8-14(13)18-2/h7-11,15H,3-6H2,1-2H3. The molecule has 0 radical (unpaired) electrons. The van der Waals surface area contributed by atoms with Gasteiger partial charge in [0.2, 0.25) is 0 Å². The monoisotopic (exact) mass is 330 g/mol. The fourth-order valence-electron chi connectivity index (χ4n) is 2.75. The van der Waals surface area contributed by atoms with E-state index in [1.54, 1.807) is 7.11 Å². The Morgan fingerprint density at radius 3 is 2.56 bits per heavy atom. The van der Waals surface area contributed by atoms with Gasteiger partial charge in [-0.15, -0.1) is 0 Å². The van der Waals surface area contributed by atoms with E-state index in [9.17, 15) is 0 Å². The third-order valence-corrected chi connectivity index (χ3v) is 5.44. The van der Waals surface area contributed by atoms with Crippen LogP contribution >= 0.6 is 27.5 Å². The Morgan fingerprint density at radius 1 is 1.28 bits per heavy atom. The molecule has 18 heavy (non-hydrogen) atoms. The summed E-state index contributed by atoms with van der Waals surface area (Å²) in [5, 5.41) is 0.777. The second kappa shape index (κ2) is 6.29. The van der Waals surface area contributed by atoms with Crippen LogP contribution in [0, 0.1) is 11.8 Å². The highest BCUT2D eigenvalue weighted by Crippen LogP contribution is 2.44. The van der Waals surface area contributed by atoms with Gasteiger partial charge in [0.1, 0.15) is 5.75 Å². The van der Waals surface area contributed by atoms with Crippen molar-refractivity contribution in [2.45, 2.75) is 37.4 Å². The van der Waals surface area contributed by atoms with Gasteiger partial charge in [-0.25, -0.2) is 0 Å². The first-order chi connectivity index (χ1) is 8.61. The lowest BCUT2D eigenvalue weighted by atomic mass is 9.80. The third kappa shape index (κ3) is 3.21. The number of hydrogen-bond acceptors (Lipinski definition) is 1. The molecule has 1 aliphatic carbocycles. The smallest absolute Gasteiger partial charge is 0.123 e. The van der Waals surface area contributed by atoms with Crippen LogP contribution in [0.25, 0.3) is 0 Å². The molecule has 1 nitrogen and oxygen atoms in total. The van der Waals surface area contributed by atoms with Gasteiger partial charge in [0.05, 0.1) is 7.11 Å². The second-order valence-corrected chi connectivity index (χ2v) is 6.73. The molecule has 1 fully saturated rings. The maximum Gasteiger partial charge on any atom is 0.123 e. The predicted molar refractivity (Wildman–Crippen MR) is 80.8 cm³/mol. The normalized spacial score (nSPS) is 25.8. The van der Waals surface area contributed by atoms with E-state index in [4.69, 9.17) is 16.3 Å². The van der Waals surface area contributed by atoms with Crippen LogP contribution in [0.1, 0.15) is 43.0 Å². The zero-order valence-electron chi connectivity index (χ0n) is 11.0. The number of ether oxygens (including phenoxy) is 1. The average Bonchev–Trinajstić information content (AvgIpc) is 2.39. The first-order valence-electron chi connectivity index (χ1n) is 6.59.